The highest BCUT2D eigenvalue weighted by molar-refractivity contribution is 5.85. The van der Waals surface area contributed by atoms with Crippen LogP contribution in [-0.2, 0) is 17.9 Å². The Balaban J connectivity index is 0.00000225. The minimum atomic E-state index is -2.77. The van der Waals surface area contributed by atoms with E-state index in [0.717, 1.165) is 38.2 Å². The van der Waals surface area contributed by atoms with E-state index in [1.807, 2.05) is 24.0 Å². The number of hydrogen-bond donors (Lipinski definition) is 1. The number of nitrogens with zero attached hydrogens (tertiary/aromatic N) is 4. The Morgan fingerprint density at radius 2 is 2.16 bits per heavy atom. The SMILES string of the molecule is CCn1cc(CN2CCCN(C(=O)C3CC(F)(F)CN3)CC2)cn1.Cl. The van der Waals surface area contributed by atoms with E-state index in [9.17, 15) is 13.6 Å². The molecule has 3 heterocycles. The number of rotatable bonds is 4. The Hall–Kier alpha value is -1.25. The van der Waals surface area contributed by atoms with Crippen LogP contribution in [0.1, 0.15) is 25.3 Å². The van der Waals surface area contributed by atoms with Gasteiger partial charge >= 0.3 is 0 Å². The highest BCUT2D eigenvalue weighted by Crippen LogP contribution is 2.26. The Morgan fingerprint density at radius 1 is 1.36 bits per heavy atom. The third-order valence-corrected chi connectivity index (χ3v) is 4.73. The smallest absolute Gasteiger partial charge is 0.262 e. The van der Waals surface area contributed by atoms with Gasteiger partial charge in [-0.25, -0.2) is 8.78 Å². The number of carbonyl (C=O) groups excluding carboxylic acids is 1. The standard InChI is InChI=1S/C16H25F2N5O.ClH/c1-2-23-11-13(9-20-23)10-21-4-3-5-22(7-6-21)15(24)14-8-16(17,18)12-19-14;/h9,11,14,19H,2-8,10,12H2,1H3;1H. The molecule has 2 aliphatic heterocycles. The van der Waals surface area contributed by atoms with Crippen LogP contribution in [0.25, 0.3) is 0 Å². The third kappa shape index (κ3) is 5.12. The number of amides is 1. The zero-order valence-electron chi connectivity index (χ0n) is 14.5. The van der Waals surface area contributed by atoms with E-state index in [1.165, 1.54) is 0 Å². The quantitative estimate of drug-likeness (QED) is 0.860. The van der Waals surface area contributed by atoms with Crippen molar-refractivity contribution in [2.75, 3.05) is 32.7 Å². The number of alkyl halides is 2. The Labute approximate surface area is 152 Å². The van der Waals surface area contributed by atoms with Gasteiger partial charge in [-0.2, -0.15) is 5.10 Å². The normalized spacial score (nSPS) is 24.0. The summed E-state index contributed by atoms with van der Waals surface area (Å²) in [7, 11) is 0. The van der Waals surface area contributed by atoms with Crippen molar-refractivity contribution < 1.29 is 13.6 Å². The molecule has 0 bridgehead atoms. The van der Waals surface area contributed by atoms with E-state index < -0.39 is 18.5 Å². The van der Waals surface area contributed by atoms with Crippen LogP contribution in [0, 0.1) is 0 Å². The van der Waals surface area contributed by atoms with Crippen LogP contribution in [0.3, 0.4) is 0 Å². The summed E-state index contributed by atoms with van der Waals surface area (Å²) in [5, 5.41) is 6.94. The van der Waals surface area contributed by atoms with Crippen LogP contribution in [0.2, 0.25) is 0 Å². The summed E-state index contributed by atoms with van der Waals surface area (Å²) >= 11 is 0. The van der Waals surface area contributed by atoms with Gasteiger partial charge in [-0.3, -0.25) is 19.7 Å². The summed E-state index contributed by atoms with van der Waals surface area (Å²) in [6.07, 6.45) is 4.39. The van der Waals surface area contributed by atoms with Crippen molar-refractivity contribution in [3.8, 4) is 0 Å². The third-order valence-electron chi connectivity index (χ3n) is 4.73. The molecule has 1 aromatic heterocycles. The number of hydrogen-bond acceptors (Lipinski definition) is 4. The molecule has 1 aromatic rings. The van der Waals surface area contributed by atoms with Gasteiger partial charge in [0.15, 0.2) is 0 Å². The predicted molar refractivity (Wildman–Crippen MR) is 93.0 cm³/mol. The zero-order valence-corrected chi connectivity index (χ0v) is 15.3. The lowest BCUT2D eigenvalue weighted by atomic mass is 10.1. The lowest BCUT2D eigenvalue weighted by Crippen LogP contribution is -2.45. The number of aromatic nitrogens is 2. The Bertz CT molecular complexity index is 583. The highest BCUT2D eigenvalue weighted by atomic mass is 35.5. The van der Waals surface area contributed by atoms with Gasteiger partial charge in [-0.05, 0) is 13.3 Å². The van der Waals surface area contributed by atoms with Crippen molar-refractivity contribution >= 4 is 18.3 Å². The second-order valence-electron chi connectivity index (χ2n) is 6.65. The fourth-order valence-electron chi connectivity index (χ4n) is 3.38. The largest absolute Gasteiger partial charge is 0.340 e. The second-order valence-corrected chi connectivity index (χ2v) is 6.65. The molecule has 0 radical (unpaired) electrons. The van der Waals surface area contributed by atoms with Gasteiger partial charge in [-0.1, -0.05) is 0 Å². The Morgan fingerprint density at radius 3 is 2.80 bits per heavy atom. The minimum absolute atomic E-state index is 0. The minimum Gasteiger partial charge on any atom is -0.340 e. The van der Waals surface area contributed by atoms with E-state index in [1.54, 1.807) is 4.90 Å². The number of nitrogens with one attached hydrogen (secondary N) is 1. The van der Waals surface area contributed by atoms with Crippen molar-refractivity contribution in [3.63, 3.8) is 0 Å². The molecule has 1 unspecified atom stereocenters. The van der Waals surface area contributed by atoms with Crippen LogP contribution >= 0.6 is 12.4 Å². The van der Waals surface area contributed by atoms with E-state index in [0.29, 0.717) is 13.1 Å². The highest BCUT2D eigenvalue weighted by Gasteiger charge is 2.43. The molecule has 142 valence electrons. The first-order valence-corrected chi connectivity index (χ1v) is 8.60. The van der Waals surface area contributed by atoms with Gasteiger partial charge in [0.05, 0.1) is 18.8 Å². The van der Waals surface area contributed by atoms with E-state index >= 15 is 0 Å². The maximum absolute atomic E-state index is 13.3. The maximum atomic E-state index is 13.3. The van der Waals surface area contributed by atoms with Crippen molar-refractivity contribution in [2.45, 2.75) is 44.8 Å². The molecule has 0 saturated carbocycles. The second kappa shape index (κ2) is 8.42. The van der Waals surface area contributed by atoms with Crippen LogP contribution in [0.5, 0.6) is 0 Å². The molecule has 9 heteroatoms. The Kier molecular flexibility index (Phi) is 6.76. The average molecular weight is 378 g/mol. The summed E-state index contributed by atoms with van der Waals surface area (Å²) in [6, 6.07) is -0.741. The summed E-state index contributed by atoms with van der Waals surface area (Å²) in [4.78, 5) is 16.5. The molecule has 2 aliphatic rings. The van der Waals surface area contributed by atoms with Crippen molar-refractivity contribution in [3.05, 3.63) is 18.0 Å². The molecule has 6 nitrogen and oxygen atoms in total. The van der Waals surface area contributed by atoms with Gasteiger partial charge in [-0.15, -0.1) is 12.4 Å². The zero-order chi connectivity index (χ0) is 17.2. The molecule has 0 spiro atoms. The molecule has 25 heavy (non-hydrogen) atoms. The molecular formula is C16H26ClF2N5O. The number of carbonyl (C=O) groups is 1. The molecule has 1 amide bonds. The van der Waals surface area contributed by atoms with Crippen LogP contribution < -0.4 is 5.32 Å². The molecule has 1 N–H and O–H groups in total. The number of halogens is 3. The van der Waals surface area contributed by atoms with Gasteiger partial charge in [0.2, 0.25) is 5.91 Å². The van der Waals surface area contributed by atoms with Crippen molar-refractivity contribution in [2.24, 2.45) is 0 Å². The molecular weight excluding hydrogens is 352 g/mol. The first-order chi connectivity index (χ1) is 11.5. The fourth-order valence-corrected chi connectivity index (χ4v) is 3.38. The molecule has 0 aliphatic carbocycles. The van der Waals surface area contributed by atoms with Crippen molar-refractivity contribution in [1.29, 1.82) is 0 Å². The first-order valence-electron chi connectivity index (χ1n) is 8.60. The predicted octanol–water partition coefficient (Wildman–Crippen LogP) is 1.36. The van der Waals surface area contributed by atoms with Crippen LogP contribution in [-0.4, -0.2) is 70.2 Å². The fraction of sp³-hybridized carbons (Fsp3) is 0.750. The molecule has 0 aromatic carbocycles. The monoisotopic (exact) mass is 377 g/mol. The topological polar surface area (TPSA) is 53.4 Å². The summed E-state index contributed by atoms with van der Waals surface area (Å²) in [6.45, 7) is 6.18. The summed E-state index contributed by atoms with van der Waals surface area (Å²) < 4.78 is 28.5. The van der Waals surface area contributed by atoms with E-state index in [-0.39, 0.29) is 24.7 Å². The van der Waals surface area contributed by atoms with Gasteiger partial charge in [0, 0.05) is 57.4 Å². The maximum Gasteiger partial charge on any atom is 0.262 e. The molecule has 2 saturated heterocycles. The average Bonchev–Trinajstić information content (AvgIpc) is 3.07. The van der Waals surface area contributed by atoms with Gasteiger partial charge in [0.1, 0.15) is 0 Å². The summed E-state index contributed by atoms with van der Waals surface area (Å²) in [5.41, 5.74) is 1.16. The van der Waals surface area contributed by atoms with Crippen LogP contribution in [0.4, 0.5) is 8.78 Å². The molecule has 1 atom stereocenters. The molecule has 3 rings (SSSR count). The molecule has 2 fully saturated rings. The van der Waals surface area contributed by atoms with Crippen LogP contribution in [0.15, 0.2) is 12.4 Å². The van der Waals surface area contributed by atoms with Crippen molar-refractivity contribution in [1.82, 2.24) is 24.9 Å². The lowest BCUT2D eigenvalue weighted by Gasteiger charge is -2.24. The van der Waals surface area contributed by atoms with Gasteiger partial charge in [0.25, 0.3) is 5.92 Å². The number of aryl methyl sites for hydroxylation is 1. The van der Waals surface area contributed by atoms with E-state index in [4.69, 9.17) is 0 Å². The first kappa shape index (κ1) is 20.1. The van der Waals surface area contributed by atoms with Gasteiger partial charge < -0.3 is 4.90 Å². The van der Waals surface area contributed by atoms with E-state index in [2.05, 4.69) is 15.3 Å². The lowest BCUT2D eigenvalue weighted by molar-refractivity contribution is -0.133. The summed E-state index contributed by atoms with van der Waals surface area (Å²) in [5.74, 6) is -2.95.